The normalized spacial score (nSPS) is 9.50. The van der Waals surface area contributed by atoms with Crippen LogP contribution in [-0.2, 0) is 0 Å². The first-order chi connectivity index (χ1) is 9.58. The molecule has 2 rings (SSSR count). The Kier molecular flexibility index (Phi) is 6.18. The Morgan fingerprint density at radius 1 is 1.20 bits per heavy atom. The molecule has 1 N–H and O–H groups in total. The summed E-state index contributed by atoms with van der Waals surface area (Å²) in [5.41, 5.74) is 1.80. The summed E-state index contributed by atoms with van der Waals surface area (Å²) in [6.45, 7) is 5.92. The highest BCUT2D eigenvalue weighted by Gasteiger charge is 2.08. The Hall–Kier alpha value is -1.88. The zero-order chi connectivity index (χ0) is 15.1. The van der Waals surface area contributed by atoms with E-state index in [1.807, 2.05) is 51.9 Å². The van der Waals surface area contributed by atoms with E-state index in [1.54, 1.807) is 12.4 Å². The fourth-order valence-corrected chi connectivity index (χ4v) is 1.66. The number of nitrogens with one attached hydrogen (secondary N) is 1. The first-order valence-electron chi connectivity index (χ1n) is 6.46. The average Bonchev–Trinajstić information content (AvgIpc) is 2.45. The molecular formula is C14H20ClN5. The van der Waals surface area contributed by atoms with Crippen LogP contribution in [0.25, 0.3) is 0 Å². The van der Waals surface area contributed by atoms with Gasteiger partial charge in [0, 0.05) is 32.1 Å². The van der Waals surface area contributed by atoms with Crippen LogP contribution in [0.3, 0.4) is 0 Å². The number of anilines is 3. The van der Waals surface area contributed by atoms with Crippen LogP contribution < -0.4 is 10.2 Å². The second-order valence-corrected chi connectivity index (χ2v) is 4.40. The van der Waals surface area contributed by atoms with Crippen LogP contribution in [0.15, 0.2) is 24.5 Å². The molecule has 0 amide bonds. The highest BCUT2D eigenvalue weighted by atomic mass is 35.5. The van der Waals surface area contributed by atoms with Gasteiger partial charge in [0.25, 0.3) is 0 Å². The van der Waals surface area contributed by atoms with Gasteiger partial charge in [-0.3, -0.25) is 0 Å². The molecular weight excluding hydrogens is 274 g/mol. The molecule has 0 aliphatic carbocycles. The van der Waals surface area contributed by atoms with Crippen molar-refractivity contribution in [2.24, 2.45) is 0 Å². The van der Waals surface area contributed by atoms with Crippen molar-refractivity contribution in [1.82, 2.24) is 15.0 Å². The van der Waals surface area contributed by atoms with Crippen LogP contribution in [-0.4, -0.2) is 29.0 Å². The predicted molar refractivity (Wildman–Crippen MR) is 85.0 cm³/mol. The predicted octanol–water partition coefficient (Wildman–Crippen LogP) is 3.67. The lowest BCUT2D eigenvalue weighted by Gasteiger charge is -2.17. The number of pyridine rings is 1. The van der Waals surface area contributed by atoms with E-state index in [2.05, 4.69) is 20.3 Å². The Labute approximate surface area is 125 Å². The monoisotopic (exact) mass is 293 g/mol. The summed E-state index contributed by atoms with van der Waals surface area (Å²) in [7, 11) is 3.88. The molecule has 0 saturated carbocycles. The van der Waals surface area contributed by atoms with E-state index in [-0.39, 0.29) is 5.28 Å². The number of rotatable bonds is 3. The molecule has 0 bridgehead atoms. The lowest BCUT2D eigenvalue weighted by molar-refractivity contribution is 1.06. The molecule has 0 atom stereocenters. The Morgan fingerprint density at radius 3 is 2.55 bits per heavy atom. The summed E-state index contributed by atoms with van der Waals surface area (Å²) in [6, 6.07) is 3.81. The summed E-state index contributed by atoms with van der Waals surface area (Å²) < 4.78 is 0. The Morgan fingerprint density at radius 2 is 1.90 bits per heavy atom. The SMILES string of the molecule is CC.Cc1cnc(Cl)nc1Nc1cccnc1N(C)C. The number of halogens is 1. The van der Waals surface area contributed by atoms with Crippen LogP contribution in [0.4, 0.5) is 17.3 Å². The molecule has 2 heterocycles. The van der Waals surface area contributed by atoms with Crippen LogP contribution in [0, 0.1) is 6.92 Å². The summed E-state index contributed by atoms with van der Waals surface area (Å²) in [4.78, 5) is 14.3. The van der Waals surface area contributed by atoms with Gasteiger partial charge >= 0.3 is 0 Å². The Bertz CT molecular complexity index is 557. The molecule has 108 valence electrons. The van der Waals surface area contributed by atoms with Crippen LogP contribution in [0.5, 0.6) is 0 Å². The fraction of sp³-hybridized carbons (Fsp3) is 0.357. The summed E-state index contributed by atoms with van der Waals surface area (Å²) in [6.07, 6.45) is 3.43. The molecule has 0 unspecified atom stereocenters. The third-order valence-corrected chi connectivity index (χ3v) is 2.59. The van der Waals surface area contributed by atoms with Crippen molar-refractivity contribution in [3.63, 3.8) is 0 Å². The van der Waals surface area contributed by atoms with Crippen LogP contribution in [0.2, 0.25) is 5.28 Å². The van der Waals surface area contributed by atoms with E-state index < -0.39 is 0 Å². The number of hydrogen-bond donors (Lipinski definition) is 1. The van der Waals surface area contributed by atoms with Crippen molar-refractivity contribution >= 4 is 28.9 Å². The smallest absolute Gasteiger partial charge is 0.224 e. The van der Waals surface area contributed by atoms with E-state index in [0.717, 1.165) is 17.1 Å². The topological polar surface area (TPSA) is 53.9 Å². The molecule has 0 radical (unpaired) electrons. The molecule has 5 nitrogen and oxygen atoms in total. The highest BCUT2D eigenvalue weighted by molar-refractivity contribution is 6.28. The molecule has 0 saturated heterocycles. The standard InChI is InChI=1S/C12H14ClN5.C2H6/c1-8-7-15-12(13)17-10(8)16-9-5-4-6-14-11(9)18(2)3;1-2/h4-7H,1-3H3,(H,15,16,17);1-2H3. The summed E-state index contributed by atoms with van der Waals surface area (Å²) in [5.74, 6) is 1.53. The maximum Gasteiger partial charge on any atom is 0.224 e. The maximum absolute atomic E-state index is 5.80. The van der Waals surface area contributed by atoms with Crippen LogP contribution >= 0.6 is 11.6 Å². The Balaban J connectivity index is 0.000000956. The van der Waals surface area contributed by atoms with Gasteiger partial charge in [-0.1, -0.05) is 13.8 Å². The van der Waals surface area contributed by atoms with Crippen molar-refractivity contribution in [2.45, 2.75) is 20.8 Å². The van der Waals surface area contributed by atoms with Gasteiger partial charge in [-0.05, 0) is 30.7 Å². The average molecular weight is 294 g/mol. The molecule has 2 aromatic rings. The van der Waals surface area contributed by atoms with Crippen molar-refractivity contribution in [2.75, 3.05) is 24.3 Å². The molecule has 20 heavy (non-hydrogen) atoms. The molecule has 0 aromatic carbocycles. The van der Waals surface area contributed by atoms with E-state index in [4.69, 9.17) is 11.6 Å². The van der Waals surface area contributed by atoms with Gasteiger partial charge in [0.2, 0.25) is 5.28 Å². The van der Waals surface area contributed by atoms with Gasteiger partial charge in [0.1, 0.15) is 5.82 Å². The molecule has 2 aromatic heterocycles. The van der Waals surface area contributed by atoms with Crippen molar-refractivity contribution in [3.8, 4) is 0 Å². The minimum atomic E-state index is 0.221. The molecule has 0 aliphatic heterocycles. The third kappa shape index (κ3) is 4.06. The second kappa shape index (κ2) is 7.65. The van der Waals surface area contributed by atoms with Crippen molar-refractivity contribution in [3.05, 3.63) is 35.4 Å². The molecule has 0 fully saturated rings. The minimum absolute atomic E-state index is 0.221. The fourth-order valence-electron chi connectivity index (χ4n) is 1.53. The van der Waals surface area contributed by atoms with E-state index in [0.29, 0.717) is 5.82 Å². The highest BCUT2D eigenvalue weighted by Crippen LogP contribution is 2.25. The maximum atomic E-state index is 5.80. The lowest BCUT2D eigenvalue weighted by Crippen LogP contribution is -2.13. The van der Waals surface area contributed by atoms with Crippen LogP contribution in [0.1, 0.15) is 19.4 Å². The number of nitrogens with zero attached hydrogens (tertiary/aromatic N) is 4. The number of aryl methyl sites for hydroxylation is 1. The van der Waals surface area contributed by atoms with Gasteiger partial charge in [-0.15, -0.1) is 0 Å². The third-order valence-electron chi connectivity index (χ3n) is 2.41. The van der Waals surface area contributed by atoms with Gasteiger partial charge in [0.05, 0.1) is 5.69 Å². The largest absolute Gasteiger partial charge is 0.361 e. The first kappa shape index (κ1) is 16.2. The van der Waals surface area contributed by atoms with Crippen molar-refractivity contribution < 1.29 is 0 Å². The van der Waals surface area contributed by atoms with Gasteiger partial charge in [0.15, 0.2) is 5.82 Å². The lowest BCUT2D eigenvalue weighted by atomic mass is 10.3. The number of aromatic nitrogens is 3. The second-order valence-electron chi connectivity index (χ2n) is 4.06. The summed E-state index contributed by atoms with van der Waals surface area (Å²) >= 11 is 5.80. The molecule has 0 aliphatic rings. The molecule has 0 spiro atoms. The van der Waals surface area contributed by atoms with Gasteiger partial charge < -0.3 is 10.2 Å². The molecule has 6 heteroatoms. The zero-order valence-corrected chi connectivity index (χ0v) is 13.2. The quantitative estimate of drug-likeness (QED) is 0.875. The van der Waals surface area contributed by atoms with E-state index in [9.17, 15) is 0 Å². The van der Waals surface area contributed by atoms with E-state index >= 15 is 0 Å². The number of hydrogen-bond acceptors (Lipinski definition) is 5. The van der Waals surface area contributed by atoms with Gasteiger partial charge in [-0.25, -0.2) is 15.0 Å². The van der Waals surface area contributed by atoms with Gasteiger partial charge in [-0.2, -0.15) is 0 Å². The van der Waals surface area contributed by atoms with E-state index in [1.165, 1.54) is 0 Å². The minimum Gasteiger partial charge on any atom is -0.361 e. The zero-order valence-electron chi connectivity index (χ0n) is 12.5. The van der Waals surface area contributed by atoms with Crippen molar-refractivity contribution in [1.29, 1.82) is 0 Å². The first-order valence-corrected chi connectivity index (χ1v) is 6.84. The summed E-state index contributed by atoms with van der Waals surface area (Å²) in [5, 5.41) is 3.44.